The number of fused-ring (bicyclic) bond motifs is 3. The van der Waals surface area contributed by atoms with Gasteiger partial charge < -0.3 is 0 Å². The number of hydrogen-bond donors (Lipinski definition) is 1. The number of rotatable bonds is 6. The second-order valence-electron chi connectivity index (χ2n) is 8.46. The second kappa shape index (κ2) is 7.78. The van der Waals surface area contributed by atoms with Gasteiger partial charge in [-0.15, -0.1) is 0 Å². The first kappa shape index (κ1) is 20.1. The lowest BCUT2D eigenvalue weighted by Crippen LogP contribution is -2.39. The SMILES string of the molecule is CCCC(CCC)C(=O)Nn1c(=O)n2cc(C(C)(C)C)nc2c2ccccc21. The predicted molar refractivity (Wildman–Crippen MR) is 113 cm³/mol. The highest BCUT2D eigenvalue weighted by Gasteiger charge is 2.23. The Balaban J connectivity index is 2.17. The van der Waals surface area contributed by atoms with Crippen molar-refractivity contribution in [1.29, 1.82) is 0 Å². The van der Waals surface area contributed by atoms with Gasteiger partial charge in [-0.3, -0.25) is 10.2 Å². The maximum Gasteiger partial charge on any atom is 0.353 e. The molecule has 150 valence electrons. The molecule has 6 nitrogen and oxygen atoms in total. The molecule has 0 radical (unpaired) electrons. The summed E-state index contributed by atoms with van der Waals surface area (Å²) < 4.78 is 2.91. The quantitative estimate of drug-likeness (QED) is 0.693. The van der Waals surface area contributed by atoms with Gasteiger partial charge in [-0.25, -0.2) is 18.9 Å². The smallest absolute Gasteiger partial charge is 0.273 e. The molecule has 28 heavy (non-hydrogen) atoms. The zero-order valence-electron chi connectivity index (χ0n) is 17.5. The zero-order valence-corrected chi connectivity index (χ0v) is 17.5. The van der Waals surface area contributed by atoms with Gasteiger partial charge in [0.1, 0.15) is 0 Å². The van der Waals surface area contributed by atoms with Crippen molar-refractivity contribution >= 4 is 22.5 Å². The molecule has 0 spiro atoms. The van der Waals surface area contributed by atoms with Gasteiger partial charge in [0.25, 0.3) is 0 Å². The summed E-state index contributed by atoms with van der Waals surface area (Å²) in [6.45, 7) is 10.3. The van der Waals surface area contributed by atoms with Gasteiger partial charge in [-0.2, -0.15) is 0 Å². The monoisotopic (exact) mass is 382 g/mol. The van der Waals surface area contributed by atoms with Crippen LogP contribution in [0.15, 0.2) is 35.3 Å². The Morgan fingerprint density at radius 2 is 1.79 bits per heavy atom. The summed E-state index contributed by atoms with van der Waals surface area (Å²) in [5.74, 6) is -0.198. The van der Waals surface area contributed by atoms with Gasteiger partial charge in [-0.05, 0) is 25.0 Å². The second-order valence-corrected chi connectivity index (χ2v) is 8.46. The van der Waals surface area contributed by atoms with Gasteiger partial charge in [0, 0.05) is 22.9 Å². The maximum absolute atomic E-state index is 13.2. The van der Waals surface area contributed by atoms with Crippen LogP contribution in [-0.4, -0.2) is 20.0 Å². The third kappa shape index (κ3) is 3.68. The number of amides is 1. The molecule has 0 bridgehead atoms. The minimum absolute atomic E-state index is 0.0933. The van der Waals surface area contributed by atoms with Crippen LogP contribution in [0.4, 0.5) is 0 Å². The summed E-state index contributed by atoms with van der Waals surface area (Å²) >= 11 is 0. The third-order valence-corrected chi connectivity index (χ3v) is 5.12. The minimum Gasteiger partial charge on any atom is -0.273 e. The minimum atomic E-state index is -0.309. The molecule has 2 aromatic heterocycles. The van der Waals surface area contributed by atoms with Crippen molar-refractivity contribution in [2.45, 2.75) is 65.7 Å². The summed E-state index contributed by atoms with van der Waals surface area (Å²) in [6, 6.07) is 7.56. The van der Waals surface area contributed by atoms with Crippen LogP contribution in [0.3, 0.4) is 0 Å². The fourth-order valence-electron chi connectivity index (χ4n) is 3.56. The lowest BCUT2D eigenvalue weighted by atomic mass is 9.93. The zero-order chi connectivity index (χ0) is 20.5. The first-order chi connectivity index (χ1) is 13.3. The first-order valence-corrected chi connectivity index (χ1v) is 10.1. The molecule has 3 rings (SSSR count). The summed E-state index contributed by atoms with van der Waals surface area (Å²) in [4.78, 5) is 30.8. The molecule has 0 saturated heterocycles. The molecular weight excluding hydrogens is 352 g/mol. The van der Waals surface area contributed by atoms with Gasteiger partial charge in [-0.1, -0.05) is 59.6 Å². The fourth-order valence-corrected chi connectivity index (χ4v) is 3.56. The molecule has 0 unspecified atom stereocenters. The van der Waals surface area contributed by atoms with E-state index in [9.17, 15) is 9.59 Å². The molecule has 0 atom stereocenters. The summed E-state index contributed by atoms with van der Waals surface area (Å²) in [5, 5.41) is 0.834. The summed E-state index contributed by atoms with van der Waals surface area (Å²) in [5.41, 5.74) is 4.51. The molecule has 1 N–H and O–H groups in total. The number of imidazole rings is 1. The van der Waals surface area contributed by atoms with Crippen molar-refractivity contribution in [2.75, 3.05) is 5.43 Å². The Bertz CT molecular complexity index is 1050. The Hall–Kier alpha value is -2.63. The van der Waals surface area contributed by atoms with Crippen LogP contribution in [0.2, 0.25) is 0 Å². The normalized spacial score (nSPS) is 12.2. The Kier molecular flexibility index (Phi) is 5.59. The number of nitrogens with zero attached hydrogens (tertiary/aromatic N) is 3. The lowest BCUT2D eigenvalue weighted by Gasteiger charge is -2.18. The average molecular weight is 383 g/mol. The van der Waals surface area contributed by atoms with Crippen LogP contribution in [0.5, 0.6) is 0 Å². The molecule has 0 aliphatic rings. The van der Waals surface area contributed by atoms with E-state index in [2.05, 4.69) is 40.0 Å². The number of hydrogen-bond acceptors (Lipinski definition) is 3. The lowest BCUT2D eigenvalue weighted by molar-refractivity contribution is -0.121. The Morgan fingerprint density at radius 1 is 1.14 bits per heavy atom. The highest BCUT2D eigenvalue weighted by molar-refractivity contribution is 5.94. The highest BCUT2D eigenvalue weighted by Crippen LogP contribution is 2.24. The molecule has 3 aromatic rings. The van der Waals surface area contributed by atoms with E-state index in [1.165, 1.54) is 9.08 Å². The molecule has 0 saturated carbocycles. The Morgan fingerprint density at radius 3 is 2.39 bits per heavy atom. The van der Waals surface area contributed by atoms with Crippen molar-refractivity contribution < 1.29 is 4.79 Å². The molecule has 1 amide bonds. The van der Waals surface area contributed by atoms with Crippen molar-refractivity contribution in [3.8, 4) is 0 Å². The van der Waals surface area contributed by atoms with Crippen LogP contribution in [0, 0.1) is 5.92 Å². The maximum atomic E-state index is 13.2. The van der Waals surface area contributed by atoms with E-state index in [-0.39, 0.29) is 22.9 Å². The van der Waals surface area contributed by atoms with Gasteiger partial charge in [0.2, 0.25) is 5.91 Å². The molecule has 1 aromatic carbocycles. The van der Waals surface area contributed by atoms with E-state index < -0.39 is 0 Å². The van der Waals surface area contributed by atoms with Crippen molar-refractivity contribution in [3.63, 3.8) is 0 Å². The van der Waals surface area contributed by atoms with Crippen LogP contribution in [0.25, 0.3) is 16.6 Å². The molecular formula is C22H30N4O2. The largest absolute Gasteiger partial charge is 0.353 e. The number of benzene rings is 1. The number of carbonyl (C=O) groups is 1. The average Bonchev–Trinajstić information content (AvgIpc) is 3.11. The van der Waals surface area contributed by atoms with Crippen molar-refractivity contribution in [3.05, 3.63) is 46.6 Å². The number of aromatic nitrogens is 3. The van der Waals surface area contributed by atoms with Gasteiger partial charge in [0.15, 0.2) is 5.65 Å². The topological polar surface area (TPSA) is 68.4 Å². The van der Waals surface area contributed by atoms with Gasteiger partial charge >= 0.3 is 5.69 Å². The van der Waals surface area contributed by atoms with E-state index in [4.69, 9.17) is 4.98 Å². The van der Waals surface area contributed by atoms with E-state index in [1.807, 2.05) is 24.3 Å². The van der Waals surface area contributed by atoms with Crippen molar-refractivity contribution in [2.24, 2.45) is 5.92 Å². The number of carbonyl (C=O) groups excluding carboxylic acids is 1. The molecule has 2 heterocycles. The summed E-state index contributed by atoms with van der Waals surface area (Å²) in [7, 11) is 0. The van der Waals surface area contributed by atoms with Crippen LogP contribution >= 0.6 is 0 Å². The highest BCUT2D eigenvalue weighted by atomic mass is 16.2. The standard InChI is InChI=1S/C22H30N4O2/c1-6-10-15(11-7-2)20(27)24-26-17-13-9-8-12-16(17)19-23-18(22(3,4)5)14-25(19)21(26)28/h8-9,12-15H,6-7,10-11H2,1-5H3,(H,24,27). The molecule has 0 aliphatic carbocycles. The van der Waals surface area contributed by atoms with Crippen molar-refractivity contribution in [1.82, 2.24) is 14.1 Å². The Labute approximate surface area is 165 Å². The molecule has 0 aliphatic heterocycles. The van der Waals surface area contributed by atoms with Crippen LogP contribution in [0.1, 0.15) is 66.0 Å². The fraction of sp³-hybridized carbons (Fsp3) is 0.500. The van der Waals surface area contributed by atoms with E-state index >= 15 is 0 Å². The third-order valence-electron chi connectivity index (χ3n) is 5.12. The van der Waals surface area contributed by atoms with Crippen LogP contribution < -0.4 is 11.1 Å². The predicted octanol–water partition coefficient (Wildman–Crippen LogP) is 4.23. The van der Waals surface area contributed by atoms with Crippen LogP contribution in [-0.2, 0) is 10.2 Å². The van der Waals surface area contributed by atoms with E-state index in [0.717, 1.165) is 36.8 Å². The molecule has 6 heteroatoms. The van der Waals surface area contributed by atoms with E-state index in [0.29, 0.717) is 11.2 Å². The van der Waals surface area contributed by atoms with Gasteiger partial charge in [0.05, 0.1) is 11.2 Å². The summed E-state index contributed by atoms with van der Waals surface area (Å²) in [6.07, 6.45) is 5.27. The first-order valence-electron chi connectivity index (χ1n) is 10.1. The number of para-hydroxylation sites is 1. The molecule has 0 fully saturated rings. The number of nitrogens with one attached hydrogen (secondary N) is 1. The van der Waals surface area contributed by atoms with E-state index in [1.54, 1.807) is 6.20 Å².